The fourth-order valence-corrected chi connectivity index (χ4v) is 4.77. The highest BCUT2D eigenvalue weighted by molar-refractivity contribution is 7.89. The zero-order valence-electron chi connectivity index (χ0n) is 18.8. The minimum Gasteiger partial charge on any atom is -0.480 e. The van der Waals surface area contributed by atoms with Crippen LogP contribution in [0.4, 0.5) is 19.0 Å². The number of sulfonamides is 1. The van der Waals surface area contributed by atoms with Crippen LogP contribution < -0.4 is 11.1 Å². The van der Waals surface area contributed by atoms with Crippen LogP contribution in [-0.4, -0.2) is 58.5 Å². The fraction of sp³-hybridized carbons (Fsp3) is 0.143. The molecule has 1 aromatic heterocycles. The number of pyridine rings is 1. The van der Waals surface area contributed by atoms with Gasteiger partial charge in [-0.25, -0.2) is 18.2 Å². The molecule has 0 radical (unpaired) electrons. The fourth-order valence-electron chi connectivity index (χ4n) is 2.94. The molecule has 38 heavy (non-hydrogen) atoms. The first-order chi connectivity index (χ1) is 17.5. The van der Waals surface area contributed by atoms with Crippen molar-refractivity contribution in [1.82, 2.24) is 9.29 Å². The molecule has 0 amide bonds. The van der Waals surface area contributed by atoms with Crippen molar-refractivity contribution in [2.75, 3.05) is 11.9 Å². The lowest BCUT2D eigenvalue weighted by Crippen LogP contribution is -2.35. The van der Waals surface area contributed by atoms with E-state index in [4.69, 9.17) is 44.2 Å². The van der Waals surface area contributed by atoms with Crippen LogP contribution in [0, 0.1) is 5.41 Å². The van der Waals surface area contributed by atoms with E-state index in [1.807, 2.05) is 0 Å². The summed E-state index contributed by atoms with van der Waals surface area (Å²) in [7, 11) is -4.23. The van der Waals surface area contributed by atoms with E-state index in [0.717, 1.165) is 4.31 Å². The number of nitrogens with two attached hydrogens (primary N) is 1. The number of alkyl halides is 3. The molecule has 0 aliphatic heterocycles. The molecule has 0 spiro atoms. The SMILES string of the molecule is N=C(N)Nc1ncc(Cl)c2ccc(S(=O)(=O)N(CC(=O)O)Cc3cccc(Cl)c3)cc12.O=C(O)C(F)(F)F. The lowest BCUT2D eigenvalue weighted by Gasteiger charge is -2.21. The highest BCUT2D eigenvalue weighted by Gasteiger charge is 2.38. The van der Waals surface area contributed by atoms with Crippen molar-refractivity contribution in [3.8, 4) is 0 Å². The van der Waals surface area contributed by atoms with Gasteiger partial charge >= 0.3 is 18.1 Å². The molecular weight excluding hydrogens is 578 g/mol. The number of hydrogen-bond acceptors (Lipinski definition) is 6. The first-order valence-corrected chi connectivity index (χ1v) is 12.2. The van der Waals surface area contributed by atoms with Crippen molar-refractivity contribution < 1.29 is 41.4 Å². The zero-order valence-corrected chi connectivity index (χ0v) is 21.2. The number of anilines is 1. The number of fused-ring (bicyclic) bond motifs is 1. The summed E-state index contributed by atoms with van der Waals surface area (Å²) < 4.78 is 59.2. The molecule has 3 rings (SSSR count). The van der Waals surface area contributed by atoms with Crippen molar-refractivity contribution >= 4 is 67.7 Å². The first kappa shape index (κ1) is 30.6. The summed E-state index contributed by atoms with van der Waals surface area (Å²) in [5, 5.41) is 27.8. The summed E-state index contributed by atoms with van der Waals surface area (Å²) in [5.74, 6) is -4.32. The van der Waals surface area contributed by atoms with Gasteiger partial charge in [0, 0.05) is 28.5 Å². The largest absolute Gasteiger partial charge is 0.490 e. The maximum absolute atomic E-state index is 13.3. The molecule has 3 aromatic rings. The van der Waals surface area contributed by atoms with Gasteiger partial charge < -0.3 is 21.3 Å². The summed E-state index contributed by atoms with van der Waals surface area (Å²) in [5.41, 5.74) is 5.90. The lowest BCUT2D eigenvalue weighted by atomic mass is 10.1. The summed E-state index contributed by atoms with van der Waals surface area (Å²) in [6.07, 6.45) is -3.74. The highest BCUT2D eigenvalue weighted by Crippen LogP contribution is 2.31. The van der Waals surface area contributed by atoms with Gasteiger partial charge in [0.15, 0.2) is 5.96 Å². The number of aliphatic carboxylic acids is 2. The second kappa shape index (κ2) is 12.3. The average Bonchev–Trinajstić information content (AvgIpc) is 2.79. The van der Waals surface area contributed by atoms with Gasteiger partial charge in [-0.05, 0) is 29.8 Å². The number of nitrogens with zero attached hydrogens (tertiary/aromatic N) is 2. The van der Waals surface area contributed by atoms with E-state index >= 15 is 0 Å². The predicted molar refractivity (Wildman–Crippen MR) is 133 cm³/mol. The van der Waals surface area contributed by atoms with Gasteiger partial charge in [-0.1, -0.05) is 41.4 Å². The summed E-state index contributed by atoms with van der Waals surface area (Å²) in [6, 6.07) is 10.6. The molecule has 6 N–H and O–H groups in total. The molecule has 0 bridgehead atoms. The minimum atomic E-state index is -5.08. The Hall–Kier alpha value is -3.66. The van der Waals surface area contributed by atoms with E-state index in [-0.39, 0.29) is 22.3 Å². The van der Waals surface area contributed by atoms with Crippen LogP contribution in [0.5, 0.6) is 0 Å². The van der Waals surface area contributed by atoms with Crippen LogP contribution in [0.15, 0.2) is 53.6 Å². The molecular formula is C21H18Cl2F3N5O6S. The van der Waals surface area contributed by atoms with E-state index < -0.39 is 40.6 Å². The quantitative estimate of drug-likeness (QED) is 0.200. The van der Waals surface area contributed by atoms with Crippen LogP contribution in [-0.2, 0) is 26.2 Å². The number of guanidine groups is 1. The molecule has 0 atom stereocenters. The number of nitrogens with one attached hydrogen (secondary N) is 2. The van der Waals surface area contributed by atoms with Gasteiger partial charge in [0.1, 0.15) is 12.4 Å². The maximum atomic E-state index is 13.3. The van der Waals surface area contributed by atoms with Crippen molar-refractivity contribution in [2.24, 2.45) is 5.73 Å². The third kappa shape index (κ3) is 8.17. The molecule has 0 saturated carbocycles. The van der Waals surface area contributed by atoms with Crippen LogP contribution in [0.1, 0.15) is 5.56 Å². The number of hydrogen-bond donors (Lipinski definition) is 5. The Morgan fingerprint density at radius 2 is 1.74 bits per heavy atom. The van der Waals surface area contributed by atoms with E-state index in [1.54, 1.807) is 24.3 Å². The van der Waals surface area contributed by atoms with E-state index in [0.29, 0.717) is 21.4 Å². The number of benzene rings is 2. The van der Waals surface area contributed by atoms with Gasteiger partial charge in [0.2, 0.25) is 10.0 Å². The number of rotatable bonds is 7. The topological polar surface area (TPSA) is 187 Å². The second-order valence-corrected chi connectivity index (χ2v) is 10.1. The van der Waals surface area contributed by atoms with Crippen LogP contribution in [0.25, 0.3) is 10.8 Å². The molecule has 11 nitrogen and oxygen atoms in total. The molecule has 2 aromatic carbocycles. The molecule has 0 aliphatic rings. The summed E-state index contributed by atoms with van der Waals surface area (Å²) in [4.78, 5) is 24.2. The highest BCUT2D eigenvalue weighted by atomic mass is 35.5. The number of halogens is 5. The smallest absolute Gasteiger partial charge is 0.480 e. The van der Waals surface area contributed by atoms with Gasteiger partial charge in [0.25, 0.3) is 0 Å². The lowest BCUT2D eigenvalue weighted by molar-refractivity contribution is -0.192. The van der Waals surface area contributed by atoms with Gasteiger partial charge in [-0.3, -0.25) is 10.2 Å². The van der Waals surface area contributed by atoms with E-state index in [2.05, 4.69) is 10.3 Å². The first-order valence-electron chi connectivity index (χ1n) is 9.98. The Balaban J connectivity index is 0.000000638. The molecule has 1 heterocycles. The summed E-state index contributed by atoms with van der Waals surface area (Å²) in [6.45, 7) is -0.946. The minimum absolute atomic E-state index is 0.142. The van der Waals surface area contributed by atoms with Crippen LogP contribution in [0.3, 0.4) is 0 Å². The standard InChI is InChI=1S/C19H17Cl2N5O4S.C2HF3O2/c20-12-3-1-2-11(6-12)9-26(10-17(27)28)31(29,30)13-4-5-14-15(7-13)18(25-19(22)23)24-8-16(14)21;3-2(4,5)1(6)7/h1-8H,9-10H2,(H,27,28)(H4,22,23,24,25);(H,6,7). The zero-order chi connectivity index (χ0) is 28.8. The Bertz CT molecular complexity index is 1490. The Morgan fingerprint density at radius 3 is 2.26 bits per heavy atom. The van der Waals surface area contributed by atoms with Crippen molar-refractivity contribution in [2.45, 2.75) is 17.6 Å². The van der Waals surface area contributed by atoms with Gasteiger partial charge in [-0.2, -0.15) is 17.5 Å². The molecule has 0 saturated heterocycles. The Morgan fingerprint density at radius 1 is 1.11 bits per heavy atom. The number of aromatic nitrogens is 1. The third-order valence-electron chi connectivity index (χ3n) is 4.50. The number of carboxylic acid groups (broad SMARTS) is 2. The average molecular weight is 596 g/mol. The van der Waals surface area contributed by atoms with Gasteiger partial charge in [0.05, 0.1) is 9.92 Å². The Labute approximate surface area is 223 Å². The molecule has 17 heteroatoms. The third-order valence-corrected chi connectivity index (χ3v) is 6.83. The van der Waals surface area contributed by atoms with Crippen molar-refractivity contribution in [1.29, 1.82) is 5.41 Å². The molecule has 0 fully saturated rings. The van der Waals surface area contributed by atoms with Crippen LogP contribution >= 0.6 is 23.2 Å². The van der Waals surface area contributed by atoms with Crippen LogP contribution in [0.2, 0.25) is 10.0 Å². The normalized spacial score (nSPS) is 11.5. The molecule has 0 unspecified atom stereocenters. The van der Waals surface area contributed by atoms with E-state index in [1.165, 1.54) is 24.4 Å². The molecule has 204 valence electrons. The van der Waals surface area contributed by atoms with E-state index in [9.17, 15) is 31.5 Å². The number of carbonyl (C=O) groups is 2. The predicted octanol–water partition coefficient (Wildman–Crippen LogP) is 3.76. The Kier molecular flexibility index (Phi) is 9.86. The second-order valence-electron chi connectivity index (χ2n) is 7.30. The van der Waals surface area contributed by atoms with Crippen molar-refractivity contribution in [3.63, 3.8) is 0 Å². The summed E-state index contributed by atoms with van der Waals surface area (Å²) >= 11 is 12.1. The van der Waals surface area contributed by atoms with Crippen molar-refractivity contribution in [3.05, 3.63) is 64.3 Å². The maximum Gasteiger partial charge on any atom is 0.490 e. The monoisotopic (exact) mass is 595 g/mol. The molecule has 0 aliphatic carbocycles. The van der Waals surface area contributed by atoms with Gasteiger partial charge in [-0.15, -0.1) is 0 Å². The number of carboxylic acids is 2.